The predicted molar refractivity (Wildman–Crippen MR) is 75.5 cm³/mol. The SMILES string of the molecule is CCOC(=O)CC1C(O)=C(O)C=CC1(C)CC(=O)OCC. The molecule has 21 heavy (non-hydrogen) atoms. The van der Waals surface area contributed by atoms with Crippen LogP contribution in [0.3, 0.4) is 0 Å². The molecule has 2 unspecified atom stereocenters. The highest BCUT2D eigenvalue weighted by Crippen LogP contribution is 2.43. The van der Waals surface area contributed by atoms with Crippen LogP contribution in [0.5, 0.6) is 0 Å². The average molecular weight is 298 g/mol. The fourth-order valence-electron chi connectivity index (χ4n) is 2.38. The summed E-state index contributed by atoms with van der Waals surface area (Å²) in [6.45, 7) is 5.60. The molecule has 0 bridgehead atoms. The molecule has 0 fully saturated rings. The highest BCUT2D eigenvalue weighted by molar-refractivity contribution is 5.73. The molecule has 0 saturated heterocycles. The molecule has 0 amide bonds. The molecule has 0 aromatic carbocycles. The van der Waals surface area contributed by atoms with E-state index in [1.54, 1.807) is 26.8 Å². The number of rotatable bonds is 6. The number of aliphatic hydroxyl groups is 2. The summed E-state index contributed by atoms with van der Waals surface area (Å²) in [7, 11) is 0. The molecule has 118 valence electrons. The summed E-state index contributed by atoms with van der Waals surface area (Å²) in [6.07, 6.45) is 2.82. The molecule has 0 aromatic rings. The fourth-order valence-corrected chi connectivity index (χ4v) is 2.38. The van der Waals surface area contributed by atoms with Gasteiger partial charge in [0.15, 0.2) is 5.76 Å². The van der Waals surface area contributed by atoms with Crippen molar-refractivity contribution in [3.8, 4) is 0 Å². The van der Waals surface area contributed by atoms with Crippen LogP contribution >= 0.6 is 0 Å². The van der Waals surface area contributed by atoms with Crippen molar-refractivity contribution < 1.29 is 29.3 Å². The normalized spacial score (nSPS) is 24.8. The minimum Gasteiger partial charge on any atom is -0.508 e. The second-order valence-electron chi connectivity index (χ2n) is 5.15. The smallest absolute Gasteiger partial charge is 0.306 e. The third-order valence-corrected chi connectivity index (χ3v) is 3.52. The van der Waals surface area contributed by atoms with E-state index in [9.17, 15) is 19.8 Å². The zero-order valence-corrected chi connectivity index (χ0v) is 12.6. The Morgan fingerprint density at radius 1 is 1.19 bits per heavy atom. The van der Waals surface area contributed by atoms with Gasteiger partial charge in [0.05, 0.1) is 26.1 Å². The van der Waals surface area contributed by atoms with E-state index in [-0.39, 0.29) is 37.6 Å². The molecule has 0 heterocycles. The Morgan fingerprint density at radius 3 is 2.33 bits per heavy atom. The van der Waals surface area contributed by atoms with E-state index in [4.69, 9.17) is 9.47 Å². The maximum absolute atomic E-state index is 11.7. The molecule has 0 radical (unpaired) electrons. The molecule has 0 spiro atoms. The highest BCUT2D eigenvalue weighted by atomic mass is 16.5. The first-order valence-corrected chi connectivity index (χ1v) is 6.96. The lowest BCUT2D eigenvalue weighted by Crippen LogP contribution is -2.35. The third kappa shape index (κ3) is 4.24. The van der Waals surface area contributed by atoms with Crippen molar-refractivity contribution >= 4 is 11.9 Å². The summed E-state index contributed by atoms with van der Waals surface area (Å²) in [5, 5.41) is 19.7. The van der Waals surface area contributed by atoms with Crippen molar-refractivity contribution in [3.63, 3.8) is 0 Å². The average Bonchev–Trinajstić information content (AvgIpc) is 2.40. The van der Waals surface area contributed by atoms with Crippen molar-refractivity contribution in [1.82, 2.24) is 0 Å². The molecule has 1 aliphatic rings. The zero-order valence-electron chi connectivity index (χ0n) is 12.6. The predicted octanol–water partition coefficient (Wildman–Crippen LogP) is 2.41. The summed E-state index contributed by atoms with van der Waals surface area (Å²) >= 11 is 0. The van der Waals surface area contributed by atoms with Crippen LogP contribution in [0, 0.1) is 11.3 Å². The summed E-state index contributed by atoms with van der Waals surface area (Å²) in [4.78, 5) is 23.4. The number of hydrogen-bond acceptors (Lipinski definition) is 6. The Kier molecular flexibility index (Phi) is 5.81. The standard InChI is InChI=1S/C15H22O6/c1-4-20-12(17)8-10-14(19)11(16)6-7-15(10,3)9-13(18)21-5-2/h6-7,10,16,19H,4-5,8-9H2,1-3H3. The van der Waals surface area contributed by atoms with Crippen molar-refractivity contribution in [2.75, 3.05) is 13.2 Å². The lowest BCUT2D eigenvalue weighted by molar-refractivity contribution is -0.149. The second-order valence-corrected chi connectivity index (χ2v) is 5.15. The molecule has 1 aliphatic carbocycles. The maximum Gasteiger partial charge on any atom is 0.306 e. The number of ether oxygens (including phenoxy) is 2. The van der Waals surface area contributed by atoms with Gasteiger partial charge in [-0.15, -0.1) is 0 Å². The van der Waals surface area contributed by atoms with Gasteiger partial charge >= 0.3 is 11.9 Å². The molecule has 6 nitrogen and oxygen atoms in total. The monoisotopic (exact) mass is 298 g/mol. The Hall–Kier alpha value is -1.98. The molecule has 6 heteroatoms. The first-order chi connectivity index (χ1) is 9.84. The van der Waals surface area contributed by atoms with E-state index in [0.717, 1.165) is 0 Å². The van der Waals surface area contributed by atoms with Crippen LogP contribution in [0.2, 0.25) is 0 Å². The molecular weight excluding hydrogens is 276 g/mol. The van der Waals surface area contributed by atoms with Crippen molar-refractivity contribution in [2.45, 2.75) is 33.6 Å². The number of aliphatic hydroxyl groups excluding tert-OH is 2. The van der Waals surface area contributed by atoms with Crippen LogP contribution in [0.1, 0.15) is 33.6 Å². The molecule has 0 aliphatic heterocycles. The van der Waals surface area contributed by atoms with Crippen LogP contribution in [0.25, 0.3) is 0 Å². The summed E-state index contributed by atoms with van der Waals surface area (Å²) in [5.74, 6) is -2.26. The highest BCUT2D eigenvalue weighted by Gasteiger charge is 2.42. The largest absolute Gasteiger partial charge is 0.508 e. The first kappa shape index (κ1) is 17.1. The van der Waals surface area contributed by atoms with Gasteiger partial charge in [-0.05, 0) is 19.9 Å². The van der Waals surface area contributed by atoms with Crippen LogP contribution in [-0.2, 0) is 19.1 Å². The number of esters is 2. The van der Waals surface area contributed by atoms with Crippen LogP contribution < -0.4 is 0 Å². The summed E-state index contributed by atoms with van der Waals surface area (Å²) in [6, 6.07) is 0. The second kappa shape index (κ2) is 7.15. The Morgan fingerprint density at radius 2 is 1.76 bits per heavy atom. The minimum absolute atomic E-state index is 0.00124. The van der Waals surface area contributed by atoms with E-state index in [2.05, 4.69) is 0 Å². The summed E-state index contributed by atoms with van der Waals surface area (Å²) in [5.41, 5.74) is -0.824. The van der Waals surface area contributed by atoms with Gasteiger partial charge in [-0.1, -0.05) is 13.0 Å². The van der Waals surface area contributed by atoms with E-state index < -0.39 is 23.3 Å². The lowest BCUT2D eigenvalue weighted by Gasteiger charge is -2.36. The topological polar surface area (TPSA) is 93.1 Å². The Bertz CT molecular complexity index is 465. The van der Waals surface area contributed by atoms with Crippen LogP contribution in [0.4, 0.5) is 0 Å². The molecule has 0 saturated carbocycles. The minimum atomic E-state index is -0.824. The van der Waals surface area contributed by atoms with Gasteiger partial charge in [0.1, 0.15) is 5.76 Å². The number of allylic oxidation sites excluding steroid dienone is 3. The fraction of sp³-hybridized carbons (Fsp3) is 0.600. The number of hydrogen-bond donors (Lipinski definition) is 2. The van der Waals surface area contributed by atoms with Gasteiger partial charge in [0.25, 0.3) is 0 Å². The Labute approximate surface area is 124 Å². The number of carbonyl (C=O) groups is 2. The van der Waals surface area contributed by atoms with E-state index in [1.165, 1.54) is 6.08 Å². The van der Waals surface area contributed by atoms with Crippen molar-refractivity contribution in [1.29, 1.82) is 0 Å². The Balaban J connectivity index is 2.96. The van der Waals surface area contributed by atoms with Crippen molar-refractivity contribution in [2.24, 2.45) is 11.3 Å². The van der Waals surface area contributed by atoms with Crippen LogP contribution in [0.15, 0.2) is 23.7 Å². The van der Waals surface area contributed by atoms with E-state index in [1.807, 2.05) is 0 Å². The van der Waals surface area contributed by atoms with Gasteiger partial charge in [0.2, 0.25) is 0 Å². The molecule has 2 N–H and O–H groups in total. The molecule has 1 rings (SSSR count). The van der Waals surface area contributed by atoms with Gasteiger partial charge in [-0.3, -0.25) is 9.59 Å². The van der Waals surface area contributed by atoms with Gasteiger partial charge in [-0.2, -0.15) is 0 Å². The van der Waals surface area contributed by atoms with Gasteiger partial charge < -0.3 is 19.7 Å². The lowest BCUT2D eigenvalue weighted by atomic mass is 9.69. The van der Waals surface area contributed by atoms with Crippen molar-refractivity contribution in [3.05, 3.63) is 23.7 Å². The molecular formula is C15H22O6. The first-order valence-electron chi connectivity index (χ1n) is 6.96. The zero-order chi connectivity index (χ0) is 16.0. The third-order valence-electron chi connectivity index (χ3n) is 3.52. The number of carbonyl (C=O) groups excluding carboxylic acids is 2. The molecule has 0 aromatic heterocycles. The van der Waals surface area contributed by atoms with Gasteiger partial charge in [0, 0.05) is 11.3 Å². The van der Waals surface area contributed by atoms with Crippen LogP contribution in [-0.4, -0.2) is 35.4 Å². The van der Waals surface area contributed by atoms with E-state index in [0.29, 0.717) is 0 Å². The van der Waals surface area contributed by atoms with E-state index >= 15 is 0 Å². The van der Waals surface area contributed by atoms with Gasteiger partial charge in [-0.25, -0.2) is 0 Å². The summed E-state index contributed by atoms with van der Waals surface area (Å²) < 4.78 is 9.80. The molecule has 2 atom stereocenters. The maximum atomic E-state index is 11.7. The quantitative estimate of drug-likeness (QED) is 0.731.